The van der Waals surface area contributed by atoms with E-state index in [-0.39, 0.29) is 24.4 Å². The number of halogens is 1. The van der Waals surface area contributed by atoms with E-state index in [2.05, 4.69) is 0 Å². The van der Waals surface area contributed by atoms with Gasteiger partial charge in [0.1, 0.15) is 17.2 Å². The third kappa shape index (κ3) is 3.24. The van der Waals surface area contributed by atoms with Crippen molar-refractivity contribution >= 4 is 5.91 Å². The Balaban J connectivity index is 1.53. The van der Waals surface area contributed by atoms with Crippen LogP contribution in [-0.2, 0) is 5.60 Å². The highest BCUT2D eigenvalue weighted by Gasteiger charge is 2.40. The summed E-state index contributed by atoms with van der Waals surface area (Å²) in [5.41, 5.74) is 0.0137. The third-order valence-corrected chi connectivity index (χ3v) is 4.85. The van der Waals surface area contributed by atoms with E-state index in [1.165, 1.54) is 12.1 Å². The zero-order valence-electron chi connectivity index (χ0n) is 13.8. The van der Waals surface area contributed by atoms with Crippen LogP contribution >= 0.6 is 0 Å². The minimum atomic E-state index is -1.14. The summed E-state index contributed by atoms with van der Waals surface area (Å²) in [6, 6.07) is 13.1. The molecule has 130 valence electrons. The van der Waals surface area contributed by atoms with Crippen LogP contribution in [0.4, 0.5) is 4.39 Å². The number of carbonyl (C=O) groups excluding carboxylic acids is 1. The molecule has 2 aliphatic rings. The van der Waals surface area contributed by atoms with Gasteiger partial charge in [-0.15, -0.1) is 0 Å². The van der Waals surface area contributed by atoms with Crippen LogP contribution in [0.5, 0.6) is 5.75 Å². The first-order valence-corrected chi connectivity index (χ1v) is 8.58. The molecule has 2 aromatic rings. The molecule has 1 saturated carbocycles. The highest BCUT2D eigenvalue weighted by molar-refractivity contribution is 5.97. The van der Waals surface area contributed by atoms with Gasteiger partial charge in [0.05, 0.1) is 18.2 Å². The number of carbonyl (C=O) groups is 1. The monoisotopic (exact) mass is 341 g/mol. The van der Waals surface area contributed by atoms with Gasteiger partial charge in [-0.05, 0) is 49.1 Å². The van der Waals surface area contributed by atoms with Crippen molar-refractivity contribution in [3.05, 3.63) is 65.5 Å². The lowest BCUT2D eigenvalue weighted by Gasteiger charge is -2.24. The number of benzene rings is 2. The van der Waals surface area contributed by atoms with E-state index in [0.717, 1.165) is 12.8 Å². The zero-order valence-corrected chi connectivity index (χ0v) is 13.8. The normalized spacial score (nSPS) is 22.9. The molecule has 1 unspecified atom stereocenters. The van der Waals surface area contributed by atoms with E-state index < -0.39 is 5.60 Å². The van der Waals surface area contributed by atoms with Gasteiger partial charge in [0.15, 0.2) is 0 Å². The van der Waals surface area contributed by atoms with Gasteiger partial charge in [-0.2, -0.15) is 0 Å². The quantitative estimate of drug-likeness (QED) is 0.930. The van der Waals surface area contributed by atoms with Crippen LogP contribution in [0.1, 0.15) is 35.2 Å². The first-order chi connectivity index (χ1) is 12.0. The summed E-state index contributed by atoms with van der Waals surface area (Å²) in [6.45, 7) is 0.639. The molecule has 1 aliphatic heterocycles. The molecule has 0 aromatic heterocycles. The number of amides is 1. The van der Waals surface area contributed by atoms with Crippen LogP contribution in [0.25, 0.3) is 0 Å². The molecule has 0 radical (unpaired) electrons. The summed E-state index contributed by atoms with van der Waals surface area (Å²) in [4.78, 5) is 14.6. The molecule has 1 aliphatic carbocycles. The molecular formula is C20H20FNO3. The van der Waals surface area contributed by atoms with Gasteiger partial charge < -0.3 is 14.7 Å². The van der Waals surface area contributed by atoms with Crippen molar-refractivity contribution in [3.63, 3.8) is 0 Å². The third-order valence-electron chi connectivity index (χ3n) is 4.85. The molecule has 0 spiro atoms. The number of aliphatic hydroxyl groups is 1. The Morgan fingerprint density at radius 3 is 2.60 bits per heavy atom. The lowest BCUT2D eigenvalue weighted by atomic mass is 9.93. The summed E-state index contributed by atoms with van der Waals surface area (Å²) < 4.78 is 19.0. The molecule has 5 heteroatoms. The lowest BCUT2D eigenvalue weighted by molar-refractivity contribution is 0.0415. The van der Waals surface area contributed by atoms with Crippen molar-refractivity contribution in [3.8, 4) is 5.75 Å². The van der Waals surface area contributed by atoms with E-state index >= 15 is 0 Å². The van der Waals surface area contributed by atoms with E-state index in [0.29, 0.717) is 29.8 Å². The second-order valence-corrected chi connectivity index (χ2v) is 6.83. The molecule has 2 aromatic carbocycles. The zero-order chi connectivity index (χ0) is 17.4. The number of hydrogen-bond donors (Lipinski definition) is 1. The van der Waals surface area contributed by atoms with Gasteiger partial charge in [-0.1, -0.05) is 24.3 Å². The van der Waals surface area contributed by atoms with Crippen molar-refractivity contribution in [2.45, 2.75) is 31.0 Å². The Kier molecular flexibility index (Phi) is 3.96. The number of hydrogen-bond acceptors (Lipinski definition) is 3. The maximum absolute atomic E-state index is 13.1. The van der Waals surface area contributed by atoms with E-state index in [4.69, 9.17) is 4.74 Å². The lowest BCUT2D eigenvalue weighted by Crippen LogP contribution is -2.34. The summed E-state index contributed by atoms with van der Waals surface area (Å²) in [7, 11) is 0. The second kappa shape index (κ2) is 6.15. The fourth-order valence-corrected chi connectivity index (χ4v) is 3.24. The summed E-state index contributed by atoms with van der Waals surface area (Å²) >= 11 is 0. The van der Waals surface area contributed by atoms with Crippen molar-refractivity contribution in [1.29, 1.82) is 0 Å². The Hall–Kier alpha value is -2.40. The first-order valence-electron chi connectivity index (χ1n) is 8.58. The Morgan fingerprint density at radius 1 is 1.16 bits per heavy atom. The second-order valence-electron chi connectivity index (χ2n) is 6.83. The van der Waals surface area contributed by atoms with E-state index in [9.17, 15) is 14.3 Å². The fraction of sp³-hybridized carbons (Fsp3) is 0.350. The number of ether oxygens (including phenoxy) is 1. The molecule has 1 heterocycles. The number of para-hydroxylation sites is 1. The van der Waals surface area contributed by atoms with Crippen LogP contribution < -0.4 is 4.74 Å². The Morgan fingerprint density at radius 2 is 1.88 bits per heavy atom. The summed E-state index contributed by atoms with van der Waals surface area (Å²) in [5, 5.41) is 10.9. The van der Waals surface area contributed by atoms with Gasteiger partial charge in [0, 0.05) is 6.54 Å². The topological polar surface area (TPSA) is 49.8 Å². The van der Waals surface area contributed by atoms with Crippen molar-refractivity contribution in [2.75, 3.05) is 13.1 Å². The molecule has 0 bridgehead atoms. The van der Waals surface area contributed by atoms with Crippen molar-refractivity contribution in [1.82, 2.24) is 4.90 Å². The summed E-state index contributed by atoms with van der Waals surface area (Å²) in [5.74, 6) is 0.117. The average Bonchev–Trinajstić information content (AvgIpc) is 3.34. The van der Waals surface area contributed by atoms with Crippen LogP contribution in [0.3, 0.4) is 0 Å². The van der Waals surface area contributed by atoms with Gasteiger partial charge >= 0.3 is 0 Å². The average molecular weight is 341 g/mol. The van der Waals surface area contributed by atoms with E-state index in [1.807, 2.05) is 18.2 Å². The molecule has 1 amide bonds. The molecule has 25 heavy (non-hydrogen) atoms. The SMILES string of the molecule is O=C(c1ccccc1OC1CC1)N1CCC(O)(c2ccc(F)cc2)C1. The molecule has 4 rings (SSSR count). The largest absolute Gasteiger partial charge is 0.490 e. The highest BCUT2D eigenvalue weighted by atomic mass is 19.1. The molecular weight excluding hydrogens is 321 g/mol. The first kappa shape index (κ1) is 16.1. The van der Waals surface area contributed by atoms with Crippen LogP contribution in [0.15, 0.2) is 48.5 Å². The minimum absolute atomic E-state index is 0.144. The van der Waals surface area contributed by atoms with Gasteiger partial charge in [-0.25, -0.2) is 4.39 Å². The number of rotatable bonds is 4. The predicted molar refractivity (Wildman–Crippen MR) is 90.9 cm³/mol. The standard InChI is InChI=1S/C20H20FNO3/c21-15-7-5-14(6-8-15)20(24)11-12-22(13-20)19(23)17-3-1-2-4-18(17)25-16-9-10-16/h1-8,16,24H,9-13H2. The number of likely N-dealkylation sites (tertiary alicyclic amines) is 1. The maximum atomic E-state index is 13.1. The van der Waals surface area contributed by atoms with Gasteiger partial charge in [0.2, 0.25) is 0 Å². The molecule has 4 nitrogen and oxygen atoms in total. The molecule has 1 N–H and O–H groups in total. The molecule has 2 fully saturated rings. The van der Waals surface area contributed by atoms with Crippen LogP contribution in [-0.4, -0.2) is 35.1 Å². The fourth-order valence-electron chi connectivity index (χ4n) is 3.24. The Labute approximate surface area is 145 Å². The maximum Gasteiger partial charge on any atom is 0.257 e. The summed E-state index contributed by atoms with van der Waals surface area (Å²) in [6.07, 6.45) is 2.69. The van der Waals surface area contributed by atoms with Crippen molar-refractivity contribution in [2.24, 2.45) is 0 Å². The minimum Gasteiger partial charge on any atom is -0.490 e. The van der Waals surface area contributed by atoms with E-state index in [1.54, 1.807) is 23.1 Å². The molecule has 1 atom stereocenters. The van der Waals surface area contributed by atoms with Crippen LogP contribution in [0.2, 0.25) is 0 Å². The van der Waals surface area contributed by atoms with Gasteiger partial charge in [0.25, 0.3) is 5.91 Å². The van der Waals surface area contributed by atoms with Crippen LogP contribution in [0, 0.1) is 5.82 Å². The number of β-amino-alcohol motifs (C(OH)–C–C–N with tert-alkyl or cyclic N) is 1. The van der Waals surface area contributed by atoms with Gasteiger partial charge in [-0.3, -0.25) is 4.79 Å². The smallest absolute Gasteiger partial charge is 0.257 e. The van der Waals surface area contributed by atoms with Crippen molar-refractivity contribution < 1.29 is 19.0 Å². The number of nitrogens with zero attached hydrogens (tertiary/aromatic N) is 1. The molecule has 1 saturated heterocycles. The highest BCUT2D eigenvalue weighted by Crippen LogP contribution is 2.35. The Bertz CT molecular complexity index is 788. The predicted octanol–water partition coefficient (Wildman–Crippen LogP) is 3.10.